The third kappa shape index (κ3) is 10.1. The fraction of sp³-hybridized carbons (Fsp3) is 0.123. The van der Waals surface area contributed by atoms with E-state index in [4.69, 9.17) is 9.72 Å². The van der Waals surface area contributed by atoms with Crippen molar-refractivity contribution in [3.8, 4) is 84.1 Å². The molecule has 0 aliphatic carbocycles. The van der Waals surface area contributed by atoms with E-state index in [2.05, 4.69) is 336 Å². The van der Waals surface area contributed by atoms with Crippen molar-refractivity contribution in [2.75, 3.05) is 16.5 Å². The van der Waals surface area contributed by atoms with Crippen molar-refractivity contribution in [2.24, 2.45) is 0 Å². The summed E-state index contributed by atoms with van der Waals surface area (Å²) in [6, 6.07) is 96.9. The number of fused-ring (bicyclic) bond motifs is 4. The fourth-order valence-electron chi connectivity index (χ4n) is 12.6. The fourth-order valence-corrected chi connectivity index (χ4v) is 12.6. The van der Waals surface area contributed by atoms with Crippen molar-refractivity contribution in [2.45, 2.75) is 59.3 Å². The average molecular weight is 1110 g/mol. The maximum atomic E-state index is 7.38. The smallest absolute Gasteiger partial charge is 0.137 e. The van der Waals surface area contributed by atoms with Gasteiger partial charge in [0.25, 0.3) is 0 Å². The largest absolute Gasteiger partial charge is 0.457 e. The van der Waals surface area contributed by atoms with Gasteiger partial charge in [-0.05, 0) is 128 Å². The highest BCUT2D eigenvalue weighted by atomic mass is 16.5. The van der Waals surface area contributed by atoms with E-state index in [-0.39, 0.29) is 10.8 Å². The van der Waals surface area contributed by atoms with Gasteiger partial charge in [0.05, 0.1) is 28.1 Å². The van der Waals surface area contributed by atoms with Crippen LogP contribution < -0.4 is 14.5 Å². The Morgan fingerprint density at radius 1 is 0.384 bits per heavy atom. The highest BCUT2D eigenvalue weighted by Gasteiger charge is 2.32. The van der Waals surface area contributed by atoms with E-state index in [1.54, 1.807) is 0 Å². The lowest BCUT2D eigenvalue weighted by Crippen LogP contribution is -2.25. The van der Waals surface area contributed by atoms with Crippen LogP contribution in [0.5, 0.6) is 11.5 Å². The number of hydrogen-bond donors (Lipinski definition) is 0. The second-order valence-corrected chi connectivity index (χ2v) is 24.9. The van der Waals surface area contributed by atoms with Crippen molar-refractivity contribution < 1.29 is 4.74 Å². The molecule has 0 bridgehead atoms. The summed E-state index contributed by atoms with van der Waals surface area (Å²) in [5.74, 6) is 2.33. The standard InChI is InChI=1S/C81H68N4O/c1-54-36-38-59(39-37-54)71-52-82-78(50-72(71)81(5,6)7)85-73-45-42-61(56-24-13-9-14-25-56)47-69(73)70-49-68(57-26-15-10-16-27-57)77(51-76(70)85)86-65-31-20-30-64(48-65)83-53-84(75-35-18-17-34-74(75)83)79-66(58-40-43-63(44-41-58)80(2,3)4)32-21-33-67(79)62-29-19-28-60(46-62)55-22-11-8-12-23-55/h8-52H,53H2,1-7H3. The SMILES string of the molecule is Cc1ccc(-c2cnc(-n3c4ccc(-c5ccccc5)cc4c4cc(-c5ccccc5)c(Oc5cccc(N6CN(c7c(-c8ccc(C(C)(C)C)cc8)cccc7-c7cccc(-c8ccccc8)c7)c7ccccc76)c5)cc43)cc2C(C)(C)C)cc1. The zero-order valence-corrected chi connectivity index (χ0v) is 49.9. The van der Waals surface area contributed by atoms with E-state index in [1.165, 1.54) is 50.1 Å². The van der Waals surface area contributed by atoms with Gasteiger partial charge in [-0.15, -0.1) is 0 Å². The Balaban J connectivity index is 0.903. The summed E-state index contributed by atoms with van der Waals surface area (Å²) >= 11 is 0. The molecule has 13 aromatic rings. The molecule has 0 saturated heterocycles. The molecule has 0 saturated carbocycles. The summed E-state index contributed by atoms with van der Waals surface area (Å²) < 4.78 is 9.71. The van der Waals surface area contributed by atoms with Gasteiger partial charge in [0.2, 0.25) is 0 Å². The third-order valence-corrected chi connectivity index (χ3v) is 17.1. The van der Waals surface area contributed by atoms with Gasteiger partial charge in [-0.1, -0.05) is 247 Å². The van der Waals surface area contributed by atoms with Gasteiger partial charge in [-0.3, -0.25) is 4.57 Å². The van der Waals surface area contributed by atoms with Crippen LogP contribution in [0.1, 0.15) is 58.2 Å². The van der Waals surface area contributed by atoms with Crippen molar-refractivity contribution in [3.63, 3.8) is 0 Å². The van der Waals surface area contributed by atoms with Crippen molar-refractivity contribution in [1.29, 1.82) is 0 Å². The first kappa shape index (κ1) is 53.8. The lowest BCUT2D eigenvalue weighted by atomic mass is 9.82. The Bertz CT molecular complexity index is 4650. The zero-order chi connectivity index (χ0) is 58.7. The van der Waals surface area contributed by atoms with E-state index in [9.17, 15) is 0 Å². The van der Waals surface area contributed by atoms with Crippen LogP contribution in [-0.4, -0.2) is 16.2 Å². The quantitative estimate of drug-likeness (QED) is 0.129. The Hall–Kier alpha value is -10.2. The Labute approximate surface area is 505 Å². The first-order valence-corrected chi connectivity index (χ1v) is 29.9. The molecule has 0 N–H and O–H groups in total. The number of aromatic nitrogens is 2. The van der Waals surface area contributed by atoms with Gasteiger partial charge in [-0.25, -0.2) is 4.98 Å². The molecule has 0 amide bonds. The molecule has 418 valence electrons. The topological polar surface area (TPSA) is 33.5 Å². The zero-order valence-electron chi connectivity index (χ0n) is 49.9. The van der Waals surface area contributed by atoms with Crippen molar-refractivity contribution in [3.05, 3.63) is 290 Å². The Kier molecular flexibility index (Phi) is 13.6. The van der Waals surface area contributed by atoms with Gasteiger partial charge in [0, 0.05) is 57.0 Å². The highest BCUT2D eigenvalue weighted by molar-refractivity contribution is 6.12. The molecule has 11 aromatic carbocycles. The van der Waals surface area contributed by atoms with E-state index >= 15 is 0 Å². The lowest BCUT2D eigenvalue weighted by Gasteiger charge is -2.28. The molecule has 5 nitrogen and oxygen atoms in total. The number of ether oxygens (including phenoxy) is 1. The number of rotatable bonds is 11. The van der Waals surface area contributed by atoms with Crippen LogP contribution in [0.3, 0.4) is 0 Å². The number of hydrogen-bond acceptors (Lipinski definition) is 4. The predicted molar refractivity (Wildman–Crippen MR) is 362 cm³/mol. The number of pyridine rings is 1. The molecular weight excluding hydrogens is 1040 g/mol. The summed E-state index contributed by atoms with van der Waals surface area (Å²) in [6.07, 6.45) is 2.07. The summed E-state index contributed by atoms with van der Waals surface area (Å²) in [5.41, 5.74) is 23.8. The van der Waals surface area contributed by atoms with Crippen LogP contribution in [0.2, 0.25) is 0 Å². The summed E-state index contributed by atoms with van der Waals surface area (Å²) in [5, 5.41) is 2.26. The molecule has 14 rings (SSSR count). The van der Waals surface area contributed by atoms with Crippen molar-refractivity contribution >= 4 is 44.6 Å². The number of anilines is 4. The van der Waals surface area contributed by atoms with E-state index in [1.807, 2.05) is 0 Å². The molecule has 0 atom stereocenters. The van der Waals surface area contributed by atoms with Crippen LogP contribution in [0.25, 0.3) is 94.4 Å². The monoisotopic (exact) mass is 1110 g/mol. The second-order valence-electron chi connectivity index (χ2n) is 24.9. The Morgan fingerprint density at radius 3 is 1.59 bits per heavy atom. The summed E-state index contributed by atoms with van der Waals surface area (Å²) in [4.78, 5) is 10.3. The first-order chi connectivity index (χ1) is 41.8. The van der Waals surface area contributed by atoms with Gasteiger partial charge in [0.15, 0.2) is 0 Å². The number of aryl methyl sites for hydroxylation is 1. The van der Waals surface area contributed by atoms with Gasteiger partial charge in [0.1, 0.15) is 24.0 Å². The van der Waals surface area contributed by atoms with E-state index < -0.39 is 0 Å². The minimum Gasteiger partial charge on any atom is -0.457 e. The molecule has 0 spiro atoms. The Morgan fingerprint density at radius 2 is 0.919 bits per heavy atom. The maximum absolute atomic E-state index is 7.38. The number of para-hydroxylation sites is 3. The van der Waals surface area contributed by atoms with Gasteiger partial charge >= 0.3 is 0 Å². The van der Waals surface area contributed by atoms with Crippen LogP contribution in [0, 0.1) is 6.92 Å². The predicted octanol–water partition coefficient (Wildman–Crippen LogP) is 22.1. The minimum absolute atomic E-state index is 0.0279. The maximum Gasteiger partial charge on any atom is 0.137 e. The van der Waals surface area contributed by atoms with Crippen LogP contribution in [0.4, 0.5) is 22.7 Å². The molecule has 5 heteroatoms. The normalized spacial score (nSPS) is 12.5. The molecule has 1 aliphatic rings. The third-order valence-electron chi connectivity index (χ3n) is 17.1. The summed E-state index contributed by atoms with van der Waals surface area (Å²) in [6.45, 7) is 16.4. The molecule has 0 radical (unpaired) electrons. The molecule has 86 heavy (non-hydrogen) atoms. The average Bonchev–Trinajstić information content (AvgIpc) is 1.77. The first-order valence-electron chi connectivity index (χ1n) is 29.9. The number of benzene rings is 11. The minimum atomic E-state index is -0.178. The van der Waals surface area contributed by atoms with Crippen LogP contribution in [-0.2, 0) is 10.8 Å². The second kappa shape index (κ2) is 21.8. The van der Waals surface area contributed by atoms with E-state index in [0.717, 1.165) is 95.3 Å². The van der Waals surface area contributed by atoms with Crippen LogP contribution in [0.15, 0.2) is 273 Å². The van der Waals surface area contributed by atoms with E-state index in [0.29, 0.717) is 6.67 Å². The molecule has 0 fully saturated rings. The van der Waals surface area contributed by atoms with Crippen molar-refractivity contribution in [1.82, 2.24) is 9.55 Å². The number of nitrogens with zero attached hydrogens (tertiary/aromatic N) is 4. The summed E-state index contributed by atoms with van der Waals surface area (Å²) in [7, 11) is 0. The van der Waals surface area contributed by atoms with Gasteiger partial charge in [-0.2, -0.15) is 0 Å². The van der Waals surface area contributed by atoms with Crippen LogP contribution >= 0.6 is 0 Å². The van der Waals surface area contributed by atoms with Gasteiger partial charge < -0.3 is 14.5 Å². The molecule has 1 aliphatic heterocycles. The molecular formula is C81H68N4O. The molecule has 3 heterocycles. The highest BCUT2D eigenvalue weighted by Crippen LogP contribution is 2.52. The lowest BCUT2D eigenvalue weighted by molar-refractivity contribution is 0.485. The molecule has 0 unspecified atom stereocenters. The molecule has 2 aromatic heterocycles.